The first-order valence-corrected chi connectivity index (χ1v) is 14.9. The first kappa shape index (κ1) is 34.1. The number of carbonyl (C=O) groups excluding carboxylic acids is 1. The molecule has 0 aromatic heterocycles. The van der Waals surface area contributed by atoms with Crippen molar-refractivity contribution in [3.8, 4) is 0 Å². The molecule has 0 aliphatic rings. The van der Waals surface area contributed by atoms with E-state index in [1.165, 1.54) is 30.7 Å². The van der Waals surface area contributed by atoms with Crippen LogP contribution < -0.4 is 5.32 Å². The fourth-order valence-electron chi connectivity index (χ4n) is 3.89. The average Bonchev–Trinajstić information content (AvgIpc) is 2.98. The summed E-state index contributed by atoms with van der Waals surface area (Å²) in [5.74, 6) is -1.03. The molecule has 0 atom stereocenters. The number of nitrogens with one attached hydrogen (secondary N) is 1. The molecular formula is C31H39FN4O5S. The number of sulfonamides is 1. The molecule has 0 saturated heterocycles. The maximum absolute atomic E-state index is 13.5. The van der Waals surface area contributed by atoms with E-state index in [0.717, 1.165) is 29.7 Å². The van der Waals surface area contributed by atoms with E-state index in [4.69, 9.17) is 9.68 Å². The minimum absolute atomic E-state index is 0.0127. The van der Waals surface area contributed by atoms with E-state index >= 15 is 0 Å². The Morgan fingerprint density at radius 3 is 1.74 bits per heavy atom. The predicted octanol–water partition coefficient (Wildman–Crippen LogP) is 6.32. The smallest absolute Gasteiger partial charge is 0.258 e. The van der Waals surface area contributed by atoms with E-state index in [9.17, 15) is 17.6 Å². The van der Waals surface area contributed by atoms with Crippen LogP contribution in [0.15, 0.2) is 88.0 Å². The Kier molecular flexibility index (Phi) is 13.8. The summed E-state index contributed by atoms with van der Waals surface area (Å²) in [7, 11) is -0.457. The Bertz CT molecular complexity index is 1450. The first-order valence-electron chi connectivity index (χ1n) is 13.5. The number of benzene rings is 3. The SMILES string of the molecule is CCCN(CCC)S(=O)(=O)c1ccc(C(C)=NOC)cc1.CON=C(C)c1ccc(NC(=O)c2ccccc2F)cc1. The van der Waals surface area contributed by atoms with Crippen LogP contribution in [0.5, 0.6) is 0 Å². The quantitative estimate of drug-likeness (QED) is 0.194. The van der Waals surface area contributed by atoms with Crippen molar-refractivity contribution in [3.63, 3.8) is 0 Å². The molecule has 1 amide bonds. The molecule has 0 radical (unpaired) electrons. The van der Waals surface area contributed by atoms with Crippen molar-refractivity contribution in [3.05, 3.63) is 95.3 Å². The van der Waals surface area contributed by atoms with E-state index in [0.29, 0.717) is 29.4 Å². The number of hydrogen-bond donors (Lipinski definition) is 1. The van der Waals surface area contributed by atoms with Gasteiger partial charge in [-0.05, 0) is 74.2 Å². The third kappa shape index (κ3) is 9.78. The molecule has 0 unspecified atom stereocenters. The molecule has 9 nitrogen and oxygen atoms in total. The zero-order valence-electron chi connectivity index (χ0n) is 24.9. The number of halogens is 1. The lowest BCUT2D eigenvalue weighted by Crippen LogP contribution is -2.32. The Labute approximate surface area is 248 Å². The zero-order chi connectivity index (χ0) is 31.1. The van der Waals surface area contributed by atoms with Gasteiger partial charge in [0.2, 0.25) is 10.0 Å². The second-order valence-electron chi connectivity index (χ2n) is 9.16. The largest absolute Gasteiger partial charge is 0.399 e. The molecule has 0 bridgehead atoms. The van der Waals surface area contributed by atoms with Crippen LogP contribution in [0.25, 0.3) is 0 Å². The predicted molar refractivity (Wildman–Crippen MR) is 165 cm³/mol. The van der Waals surface area contributed by atoms with Crippen LogP contribution in [-0.4, -0.2) is 57.4 Å². The highest BCUT2D eigenvalue weighted by Crippen LogP contribution is 2.18. The van der Waals surface area contributed by atoms with E-state index < -0.39 is 21.7 Å². The molecule has 0 heterocycles. The molecule has 3 aromatic carbocycles. The maximum Gasteiger partial charge on any atom is 0.258 e. The third-order valence-corrected chi connectivity index (χ3v) is 7.90. The van der Waals surface area contributed by atoms with Gasteiger partial charge in [0.25, 0.3) is 5.91 Å². The van der Waals surface area contributed by atoms with Gasteiger partial charge in [-0.1, -0.05) is 60.6 Å². The second-order valence-corrected chi connectivity index (χ2v) is 11.1. The molecule has 0 saturated carbocycles. The van der Waals surface area contributed by atoms with Crippen molar-refractivity contribution in [1.29, 1.82) is 0 Å². The number of carbonyl (C=O) groups is 1. The number of amides is 1. The summed E-state index contributed by atoms with van der Waals surface area (Å²) in [4.78, 5) is 21.7. The van der Waals surface area contributed by atoms with Crippen LogP contribution in [0.2, 0.25) is 0 Å². The Morgan fingerprint density at radius 2 is 1.29 bits per heavy atom. The van der Waals surface area contributed by atoms with Crippen LogP contribution in [0.3, 0.4) is 0 Å². The normalized spacial score (nSPS) is 11.9. The molecule has 1 N–H and O–H groups in total. The molecule has 0 spiro atoms. The zero-order valence-corrected chi connectivity index (χ0v) is 25.7. The summed E-state index contributed by atoms with van der Waals surface area (Å²) in [6.45, 7) is 8.67. The lowest BCUT2D eigenvalue weighted by atomic mass is 10.1. The Balaban J connectivity index is 0.000000293. The minimum Gasteiger partial charge on any atom is -0.399 e. The summed E-state index contributed by atoms with van der Waals surface area (Å²) < 4.78 is 40.2. The lowest BCUT2D eigenvalue weighted by Gasteiger charge is -2.21. The molecule has 3 rings (SSSR count). The number of anilines is 1. The van der Waals surface area contributed by atoms with Crippen molar-refractivity contribution in [2.75, 3.05) is 32.6 Å². The van der Waals surface area contributed by atoms with Crippen LogP contribution in [-0.2, 0) is 19.7 Å². The molecule has 0 aliphatic heterocycles. The molecule has 226 valence electrons. The lowest BCUT2D eigenvalue weighted by molar-refractivity contribution is 0.102. The van der Waals surface area contributed by atoms with E-state index in [1.807, 2.05) is 27.7 Å². The van der Waals surface area contributed by atoms with Crippen molar-refractivity contribution in [2.45, 2.75) is 45.4 Å². The highest BCUT2D eigenvalue weighted by atomic mass is 32.2. The minimum atomic E-state index is -3.42. The average molecular weight is 599 g/mol. The monoisotopic (exact) mass is 598 g/mol. The van der Waals surface area contributed by atoms with Gasteiger partial charge in [0.15, 0.2) is 0 Å². The standard InChI is InChI=1S/C16H15FN2O2.C15H24N2O3S/c1-11(19-21-2)12-7-9-13(10-8-12)18-16(20)14-5-3-4-6-15(14)17;1-5-11-17(12-6-2)21(18,19)15-9-7-14(8-10-15)13(3)16-20-4/h3-10H,1-2H3,(H,18,20);7-10H,5-6,11-12H2,1-4H3. The first-order chi connectivity index (χ1) is 20.1. The van der Waals surface area contributed by atoms with E-state index in [1.54, 1.807) is 60.7 Å². The van der Waals surface area contributed by atoms with Crippen LogP contribution in [0.4, 0.5) is 10.1 Å². The maximum atomic E-state index is 13.5. The van der Waals surface area contributed by atoms with Crippen LogP contribution in [0.1, 0.15) is 62.0 Å². The van der Waals surface area contributed by atoms with Gasteiger partial charge in [-0.3, -0.25) is 4.79 Å². The molecule has 3 aromatic rings. The second kappa shape index (κ2) is 17.0. The van der Waals surface area contributed by atoms with Gasteiger partial charge in [-0.2, -0.15) is 4.31 Å². The molecule has 0 aliphatic carbocycles. The molecule has 11 heteroatoms. The topological polar surface area (TPSA) is 110 Å². The summed E-state index contributed by atoms with van der Waals surface area (Å²) in [6, 6.07) is 19.6. The summed E-state index contributed by atoms with van der Waals surface area (Å²) in [5.41, 5.74) is 3.75. The number of rotatable bonds is 12. The van der Waals surface area contributed by atoms with Crippen LogP contribution in [0, 0.1) is 5.82 Å². The van der Waals surface area contributed by atoms with Gasteiger partial charge in [0, 0.05) is 18.8 Å². The Morgan fingerprint density at radius 1 is 0.810 bits per heavy atom. The van der Waals surface area contributed by atoms with Gasteiger partial charge in [-0.15, -0.1) is 0 Å². The summed E-state index contributed by atoms with van der Waals surface area (Å²) >= 11 is 0. The van der Waals surface area contributed by atoms with E-state index in [-0.39, 0.29) is 5.56 Å². The summed E-state index contributed by atoms with van der Waals surface area (Å²) in [5, 5.41) is 10.3. The highest BCUT2D eigenvalue weighted by molar-refractivity contribution is 7.89. The van der Waals surface area contributed by atoms with Gasteiger partial charge in [-0.25, -0.2) is 12.8 Å². The molecule has 0 fully saturated rings. The summed E-state index contributed by atoms with van der Waals surface area (Å²) in [6.07, 6.45) is 1.60. The van der Waals surface area contributed by atoms with Crippen molar-refractivity contribution in [2.24, 2.45) is 10.3 Å². The molecule has 42 heavy (non-hydrogen) atoms. The highest BCUT2D eigenvalue weighted by Gasteiger charge is 2.22. The Hall–Kier alpha value is -4.09. The number of hydrogen-bond acceptors (Lipinski definition) is 7. The molecular weight excluding hydrogens is 559 g/mol. The van der Waals surface area contributed by atoms with Crippen molar-refractivity contribution < 1.29 is 27.3 Å². The number of oxime groups is 2. The van der Waals surface area contributed by atoms with Gasteiger partial charge in [0.05, 0.1) is 21.9 Å². The van der Waals surface area contributed by atoms with Crippen molar-refractivity contribution >= 4 is 33.0 Å². The van der Waals surface area contributed by atoms with Gasteiger partial charge < -0.3 is 15.0 Å². The fraction of sp³-hybridized carbons (Fsp3) is 0.323. The van der Waals surface area contributed by atoms with Crippen molar-refractivity contribution in [1.82, 2.24) is 4.31 Å². The fourth-order valence-corrected chi connectivity index (χ4v) is 5.51. The van der Waals surface area contributed by atoms with E-state index in [2.05, 4.69) is 15.6 Å². The van der Waals surface area contributed by atoms with Gasteiger partial charge >= 0.3 is 0 Å². The number of nitrogens with zero attached hydrogens (tertiary/aromatic N) is 3. The third-order valence-electron chi connectivity index (χ3n) is 5.99. The van der Waals surface area contributed by atoms with Gasteiger partial charge in [0.1, 0.15) is 20.0 Å². The van der Waals surface area contributed by atoms with Crippen LogP contribution >= 0.6 is 0 Å².